The van der Waals surface area contributed by atoms with E-state index in [0.29, 0.717) is 17.4 Å². The number of carbonyl (C=O) groups is 1. The Hall–Kier alpha value is -2.83. The summed E-state index contributed by atoms with van der Waals surface area (Å²) in [6, 6.07) is 5.09. The Morgan fingerprint density at radius 1 is 1.26 bits per heavy atom. The molecule has 7 heteroatoms. The molecule has 0 bridgehead atoms. The lowest BCUT2D eigenvalue weighted by molar-refractivity contribution is 0.0534. The predicted octanol–water partition coefficient (Wildman–Crippen LogP) is 1.75. The van der Waals surface area contributed by atoms with E-state index >= 15 is 0 Å². The van der Waals surface area contributed by atoms with Crippen molar-refractivity contribution in [1.29, 1.82) is 0 Å². The van der Waals surface area contributed by atoms with E-state index in [4.69, 9.17) is 4.74 Å². The summed E-state index contributed by atoms with van der Waals surface area (Å²) in [7, 11) is 0. The SMILES string of the molecule is CC(C)(C)OC(=O)NCC=Cc1ccc2[nH]c(=O)[nH]c(=O)c2c1. The summed E-state index contributed by atoms with van der Waals surface area (Å²) in [5.41, 5.74) is -0.258. The van der Waals surface area contributed by atoms with Gasteiger partial charge in [0.05, 0.1) is 10.9 Å². The second kappa shape index (κ2) is 6.51. The Balaban J connectivity index is 2.03. The van der Waals surface area contributed by atoms with Crippen LogP contribution in [-0.2, 0) is 4.74 Å². The number of amides is 1. The number of alkyl carbamates (subject to hydrolysis) is 1. The molecule has 0 fully saturated rings. The summed E-state index contributed by atoms with van der Waals surface area (Å²) < 4.78 is 5.11. The second-order valence-electron chi connectivity index (χ2n) is 6.00. The molecule has 3 N–H and O–H groups in total. The van der Waals surface area contributed by atoms with Crippen LogP contribution in [0.1, 0.15) is 26.3 Å². The van der Waals surface area contributed by atoms with E-state index in [1.165, 1.54) is 0 Å². The molecule has 0 spiro atoms. The summed E-state index contributed by atoms with van der Waals surface area (Å²) in [6.07, 6.45) is 3.02. The van der Waals surface area contributed by atoms with Gasteiger partial charge in [-0.3, -0.25) is 9.78 Å². The molecule has 0 saturated heterocycles. The number of aromatic nitrogens is 2. The topological polar surface area (TPSA) is 104 Å². The number of benzene rings is 1. The van der Waals surface area contributed by atoms with Gasteiger partial charge >= 0.3 is 11.8 Å². The van der Waals surface area contributed by atoms with Crippen molar-refractivity contribution < 1.29 is 9.53 Å². The molecule has 0 aliphatic carbocycles. The van der Waals surface area contributed by atoms with E-state index < -0.39 is 22.9 Å². The minimum atomic E-state index is -0.538. The van der Waals surface area contributed by atoms with E-state index in [1.807, 2.05) is 0 Å². The van der Waals surface area contributed by atoms with Crippen molar-refractivity contribution in [1.82, 2.24) is 15.3 Å². The van der Waals surface area contributed by atoms with Crippen molar-refractivity contribution in [2.75, 3.05) is 6.54 Å². The van der Waals surface area contributed by atoms with E-state index in [9.17, 15) is 14.4 Å². The normalized spacial score (nSPS) is 11.8. The number of hydrogen-bond acceptors (Lipinski definition) is 4. The van der Waals surface area contributed by atoms with Crippen LogP contribution in [0.5, 0.6) is 0 Å². The molecule has 0 saturated carbocycles. The molecule has 0 aliphatic rings. The first-order chi connectivity index (χ1) is 10.7. The highest BCUT2D eigenvalue weighted by Crippen LogP contribution is 2.10. The van der Waals surface area contributed by atoms with Gasteiger partial charge in [-0.1, -0.05) is 18.2 Å². The van der Waals surface area contributed by atoms with Crippen molar-refractivity contribution in [2.45, 2.75) is 26.4 Å². The molecule has 0 unspecified atom stereocenters. The molecular weight excluding hydrogens is 298 g/mol. The Morgan fingerprint density at radius 3 is 2.70 bits per heavy atom. The van der Waals surface area contributed by atoms with Gasteiger partial charge in [-0.05, 0) is 38.5 Å². The zero-order chi connectivity index (χ0) is 17.0. The number of nitrogens with one attached hydrogen (secondary N) is 3. The number of H-pyrrole nitrogens is 2. The predicted molar refractivity (Wildman–Crippen MR) is 88.5 cm³/mol. The Morgan fingerprint density at radius 2 is 2.00 bits per heavy atom. The number of fused-ring (bicyclic) bond motifs is 1. The number of hydrogen-bond donors (Lipinski definition) is 3. The fourth-order valence-corrected chi connectivity index (χ4v) is 1.94. The van der Waals surface area contributed by atoms with Crippen molar-refractivity contribution in [3.63, 3.8) is 0 Å². The lowest BCUT2D eigenvalue weighted by Gasteiger charge is -2.19. The maximum absolute atomic E-state index is 11.7. The fourth-order valence-electron chi connectivity index (χ4n) is 1.94. The molecule has 0 radical (unpaired) electrons. The van der Waals surface area contributed by atoms with Gasteiger partial charge in [0.2, 0.25) is 0 Å². The number of carbonyl (C=O) groups excluding carboxylic acids is 1. The zero-order valence-corrected chi connectivity index (χ0v) is 13.2. The molecule has 2 rings (SSSR count). The number of aromatic amines is 2. The zero-order valence-electron chi connectivity index (χ0n) is 13.2. The van der Waals surface area contributed by atoms with Crippen molar-refractivity contribution >= 4 is 23.1 Å². The largest absolute Gasteiger partial charge is 0.444 e. The van der Waals surface area contributed by atoms with Crippen LogP contribution < -0.4 is 16.6 Å². The van der Waals surface area contributed by atoms with Crippen LogP contribution in [0, 0.1) is 0 Å². The summed E-state index contributed by atoms with van der Waals surface area (Å²) in [5, 5.41) is 3.00. The van der Waals surface area contributed by atoms with E-state index in [2.05, 4.69) is 15.3 Å². The average Bonchev–Trinajstić information content (AvgIpc) is 2.42. The molecule has 1 amide bonds. The van der Waals surface area contributed by atoms with Crippen LogP contribution in [0.15, 0.2) is 33.9 Å². The Labute approximate surface area is 132 Å². The van der Waals surface area contributed by atoms with Gasteiger partial charge < -0.3 is 15.0 Å². The molecule has 0 aliphatic heterocycles. The second-order valence-corrected chi connectivity index (χ2v) is 6.00. The standard InChI is InChI=1S/C16H19N3O4/c1-16(2,3)23-15(22)17-8-4-5-10-6-7-12-11(9-10)13(20)19-14(21)18-12/h4-7,9H,8H2,1-3H3,(H,17,22)(H2,18,19,20,21). The molecule has 2 aromatic rings. The van der Waals surface area contributed by atoms with Crippen molar-refractivity contribution in [3.8, 4) is 0 Å². The molecular formula is C16H19N3O4. The third kappa shape index (κ3) is 4.84. The van der Waals surface area contributed by atoms with Crippen LogP contribution >= 0.6 is 0 Å². The average molecular weight is 317 g/mol. The van der Waals surface area contributed by atoms with E-state index in [-0.39, 0.29) is 0 Å². The van der Waals surface area contributed by atoms with Gasteiger partial charge in [0, 0.05) is 6.54 Å². The molecule has 122 valence electrons. The first-order valence-electron chi connectivity index (χ1n) is 7.14. The molecule has 1 heterocycles. The minimum Gasteiger partial charge on any atom is -0.444 e. The fraction of sp³-hybridized carbons (Fsp3) is 0.312. The van der Waals surface area contributed by atoms with Gasteiger partial charge in [-0.2, -0.15) is 0 Å². The van der Waals surface area contributed by atoms with Crippen LogP contribution in [0.25, 0.3) is 17.0 Å². The summed E-state index contributed by atoms with van der Waals surface area (Å²) in [6.45, 7) is 5.67. The van der Waals surface area contributed by atoms with Crippen LogP contribution in [0.2, 0.25) is 0 Å². The number of ether oxygens (including phenoxy) is 1. The maximum Gasteiger partial charge on any atom is 0.407 e. The van der Waals surface area contributed by atoms with Crippen molar-refractivity contribution in [2.24, 2.45) is 0 Å². The van der Waals surface area contributed by atoms with Gasteiger partial charge in [-0.25, -0.2) is 9.59 Å². The molecule has 7 nitrogen and oxygen atoms in total. The smallest absolute Gasteiger partial charge is 0.407 e. The highest BCUT2D eigenvalue weighted by Gasteiger charge is 2.14. The van der Waals surface area contributed by atoms with E-state index in [0.717, 1.165) is 5.56 Å². The first kappa shape index (κ1) is 16.5. The van der Waals surface area contributed by atoms with Gasteiger partial charge in [-0.15, -0.1) is 0 Å². The maximum atomic E-state index is 11.7. The lowest BCUT2D eigenvalue weighted by Crippen LogP contribution is -2.32. The van der Waals surface area contributed by atoms with Gasteiger partial charge in [0.25, 0.3) is 5.56 Å². The molecule has 23 heavy (non-hydrogen) atoms. The number of rotatable bonds is 3. The molecule has 1 aromatic carbocycles. The third-order valence-corrected chi connectivity index (χ3v) is 2.84. The van der Waals surface area contributed by atoms with Crippen LogP contribution in [0.4, 0.5) is 4.79 Å². The van der Waals surface area contributed by atoms with Crippen LogP contribution in [-0.4, -0.2) is 28.2 Å². The summed E-state index contributed by atoms with van der Waals surface area (Å²) in [5.74, 6) is 0. The van der Waals surface area contributed by atoms with Gasteiger partial charge in [0.15, 0.2) is 0 Å². The van der Waals surface area contributed by atoms with E-state index in [1.54, 1.807) is 51.1 Å². The van der Waals surface area contributed by atoms with Crippen LogP contribution in [0.3, 0.4) is 0 Å². The molecule has 0 atom stereocenters. The molecule has 1 aromatic heterocycles. The Kier molecular flexibility index (Phi) is 4.68. The van der Waals surface area contributed by atoms with Crippen molar-refractivity contribution in [3.05, 3.63) is 50.7 Å². The minimum absolute atomic E-state index is 0.301. The first-order valence-corrected chi connectivity index (χ1v) is 7.14. The lowest BCUT2D eigenvalue weighted by atomic mass is 10.1. The Bertz CT molecular complexity index is 856. The summed E-state index contributed by atoms with van der Waals surface area (Å²) in [4.78, 5) is 39.1. The highest BCUT2D eigenvalue weighted by atomic mass is 16.6. The highest BCUT2D eigenvalue weighted by molar-refractivity contribution is 5.80. The summed E-state index contributed by atoms with van der Waals surface area (Å²) >= 11 is 0. The monoisotopic (exact) mass is 317 g/mol. The quantitative estimate of drug-likeness (QED) is 0.802. The van der Waals surface area contributed by atoms with Gasteiger partial charge in [0.1, 0.15) is 5.60 Å². The third-order valence-electron chi connectivity index (χ3n) is 2.84.